The first kappa shape index (κ1) is 12.8. The van der Waals surface area contributed by atoms with Crippen molar-refractivity contribution in [3.63, 3.8) is 0 Å². The normalized spacial score (nSPS) is 14.8. The zero-order chi connectivity index (χ0) is 9.61. The van der Waals surface area contributed by atoms with E-state index in [0.29, 0.717) is 0 Å². The molecule has 0 aliphatic heterocycles. The van der Waals surface area contributed by atoms with Gasteiger partial charge in [0.2, 0.25) is 0 Å². The van der Waals surface area contributed by atoms with Crippen LogP contribution in [-0.4, -0.2) is 9.66 Å². The molecule has 0 heterocycles. The van der Waals surface area contributed by atoms with E-state index in [1.807, 2.05) is 0 Å². The maximum Gasteiger partial charge on any atom is 0.302 e. The fourth-order valence-electron chi connectivity index (χ4n) is 0.969. The molecule has 12 heavy (non-hydrogen) atoms. The summed E-state index contributed by atoms with van der Waals surface area (Å²) in [6.45, 7) is 2.10. The van der Waals surface area contributed by atoms with Gasteiger partial charge in [0.05, 0.1) is 0 Å². The molecule has 0 aliphatic carbocycles. The molecule has 0 rings (SSSR count). The van der Waals surface area contributed by atoms with Crippen molar-refractivity contribution in [2.24, 2.45) is 0 Å². The third-order valence-electron chi connectivity index (χ3n) is 1.57. The Morgan fingerprint density at radius 2 is 1.92 bits per heavy atom. The predicted octanol–water partition coefficient (Wildman–Crippen LogP) is 4.71. The molecule has 0 nitrogen and oxygen atoms in total. The van der Waals surface area contributed by atoms with Gasteiger partial charge in [-0.25, -0.2) is 0 Å². The summed E-state index contributed by atoms with van der Waals surface area (Å²) in [5.74, 6) is 0. The minimum atomic E-state index is -2.71. The van der Waals surface area contributed by atoms with Gasteiger partial charge in [-0.1, -0.05) is 42.1 Å². The zero-order valence-electron chi connectivity index (χ0n) is 7.12. The Morgan fingerprint density at radius 1 is 1.33 bits per heavy atom. The summed E-state index contributed by atoms with van der Waals surface area (Å²) >= 11 is 5.56. The average Bonchev–Trinajstić information content (AvgIpc) is 1.84. The van der Waals surface area contributed by atoms with Crippen LogP contribution in [0.15, 0.2) is 0 Å². The molecule has 0 radical (unpaired) electrons. The number of hydrogen-bond acceptors (Lipinski definition) is 0. The molecule has 0 saturated carbocycles. The Bertz CT molecular complexity index is 112. The molecule has 0 bridgehead atoms. The van der Waals surface area contributed by atoms with Gasteiger partial charge in [-0.3, -0.25) is 0 Å². The molecule has 0 saturated heterocycles. The summed E-state index contributed by atoms with van der Waals surface area (Å²) in [5.41, 5.74) is 0. The predicted molar refractivity (Wildman–Crippen MR) is 55.3 cm³/mol. The Hall–Kier alpha value is 0.820. The van der Waals surface area contributed by atoms with Gasteiger partial charge in [0.1, 0.15) is 0 Å². The average molecular weight is 308 g/mol. The second-order valence-electron chi connectivity index (χ2n) is 2.91. The van der Waals surface area contributed by atoms with E-state index in [-0.39, 0.29) is 11.2 Å². The van der Waals surface area contributed by atoms with Gasteiger partial charge in [0.25, 0.3) is 0 Å². The molecule has 0 N–H and O–H groups in total. The van der Waals surface area contributed by atoms with Crippen LogP contribution in [0.25, 0.3) is 0 Å². The summed E-state index contributed by atoms with van der Waals surface area (Å²) in [7, 11) is 0. The van der Waals surface area contributed by atoms with Gasteiger partial charge in [-0.05, 0) is 22.4 Å². The van der Waals surface area contributed by atoms with E-state index in [1.54, 1.807) is 0 Å². The first-order valence-corrected chi connectivity index (χ1v) is 5.87. The van der Waals surface area contributed by atoms with Crippen LogP contribution in [0.3, 0.4) is 0 Å². The van der Waals surface area contributed by atoms with Crippen molar-refractivity contribution in [2.45, 2.75) is 48.7 Å². The van der Waals surface area contributed by atoms with Crippen LogP contribution in [0.1, 0.15) is 39.0 Å². The zero-order valence-corrected chi connectivity index (χ0v) is 10.3. The van der Waals surface area contributed by atoms with E-state index in [2.05, 4.69) is 38.8 Å². The molecular formula is C8H14Br2F2. The highest BCUT2D eigenvalue weighted by atomic mass is 79.9. The SMILES string of the molecule is CCCCCC(Br)CC(F)(F)Br. The summed E-state index contributed by atoms with van der Waals surface area (Å²) in [6.07, 6.45) is 3.97. The van der Waals surface area contributed by atoms with Crippen molar-refractivity contribution in [3.8, 4) is 0 Å². The van der Waals surface area contributed by atoms with E-state index in [0.717, 1.165) is 25.7 Å². The highest BCUT2D eigenvalue weighted by molar-refractivity contribution is 9.10. The van der Waals surface area contributed by atoms with Gasteiger partial charge in [0, 0.05) is 11.2 Å². The molecule has 0 aromatic rings. The van der Waals surface area contributed by atoms with E-state index in [4.69, 9.17) is 0 Å². The van der Waals surface area contributed by atoms with Crippen LogP contribution in [0.4, 0.5) is 8.78 Å². The maximum absolute atomic E-state index is 12.4. The van der Waals surface area contributed by atoms with Gasteiger partial charge >= 0.3 is 4.83 Å². The van der Waals surface area contributed by atoms with E-state index < -0.39 is 4.83 Å². The number of alkyl halides is 4. The molecule has 0 spiro atoms. The lowest BCUT2D eigenvalue weighted by molar-refractivity contribution is 0.103. The highest BCUT2D eigenvalue weighted by Crippen LogP contribution is 2.31. The summed E-state index contributed by atoms with van der Waals surface area (Å²) in [4.78, 5) is -2.79. The van der Waals surface area contributed by atoms with E-state index in [9.17, 15) is 8.78 Å². The largest absolute Gasteiger partial charge is 0.302 e. The number of unbranched alkanes of at least 4 members (excludes halogenated alkanes) is 2. The highest BCUT2D eigenvalue weighted by Gasteiger charge is 2.27. The van der Waals surface area contributed by atoms with E-state index in [1.165, 1.54) is 0 Å². The number of halogens is 4. The minimum Gasteiger partial charge on any atom is -0.194 e. The van der Waals surface area contributed by atoms with Crippen molar-refractivity contribution in [1.29, 1.82) is 0 Å². The van der Waals surface area contributed by atoms with Gasteiger partial charge in [-0.15, -0.1) is 0 Å². The number of hydrogen-bond donors (Lipinski definition) is 0. The fourth-order valence-corrected chi connectivity index (χ4v) is 2.52. The summed E-state index contributed by atoms with van der Waals surface area (Å²) in [6, 6.07) is 0. The summed E-state index contributed by atoms with van der Waals surface area (Å²) < 4.78 is 24.7. The monoisotopic (exact) mass is 306 g/mol. The van der Waals surface area contributed by atoms with E-state index >= 15 is 0 Å². The number of rotatable bonds is 6. The van der Waals surface area contributed by atoms with Crippen LogP contribution in [0.2, 0.25) is 0 Å². The van der Waals surface area contributed by atoms with Crippen LogP contribution < -0.4 is 0 Å². The lowest BCUT2D eigenvalue weighted by Crippen LogP contribution is -2.12. The van der Waals surface area contributed by atoms with Crippen LogP contribution in [0, 0.1) is 0 Å². The molecular weight excluding hydrogens is 294 g/mol. The molecule has 0 fully saturated rings. The Morgan fingerprint density at radius 3 is 2.33 bits per heavy atom. The Balaban J connectivity index is 3.40. The molecule has 4 heteroatoms. The molecule has 0 amide bonds. The Kier molecular flexibility index (Phi) is 6.73. The minimum absolute atomic E-state index is 0.0709. The van der Waals surface area contributed by atoms with Crippen molar-refractivity contribution < 1.29 is 8.78 Å². The van der Waals surface area contributed by atoms with Crippen LogP contribution in [-0.2, 0) is 0 Å². The fraction of sp³-hybridized carbons (Fsp3) is 1.00. The molecule has 0 aliphatic rings. The third kappa shape index (κ3) is 8.91. The van der Waals surface area contributed by atoms with Gasteiger partial charge in [-0.2, -0.15) is 8.78 Å². The molecule has 1 unspecified atom stereocenters. The molecule has 0 aromatic heterocycles. The molecule has 0 aromatic carbocycles. The summed E-state index contributed by atoms with van der Waals surface area (Å²) in [5, 5.41) is 0. The quantitative estimate of drug-likeness (QED) is 0.492. The third-order valence-corrected chi connectivity index (χ3v) is 2.68. The van der Waals surface area contributed by atoms with Crippen LogP contribution in [0.5, 0.6) is 0 Å². The smallest absolute Gasteiger partial charge is 0.194 e. The second kappa shape index (κ2) is 6.30. The van der Waals surface area contributed by atoms with Gasteiger partial charge < -0.3 is 0 Å². The van der Waals surface area contributed by atoms with Crippen molar-refractivity contribution in [3.05, 3.63) is 0 Å². The maximum atomic E-state index is 12.4. The molecule has 1 atom stereocenters. The molecule has 74 valence electrons. The first-order valence-electron chi connectivity index (χ1n) is 4.16. The first-order chi connectivity index (χ1) is 5.45. The van der Waals surface area contributed by atoms with Gasteiger partial charge in [0.15, 0.2) is 0 Å². The second-order valence-corrected chi connectivity index (χ2v) is 5.37. The van der Waals surface area contributed by atoms with Crippen LogP contribution >= 0.6 is 31.9 Å². The Labute approximate surface area is 89.4 Å². The lowest BCUT2D eigenvalue weighted by atomic mass is 10.1. The van der Waals surface area contributed by atoms with Crippen molar-refractivity contribution in [2.75, 3.05) is 0 Å². The lowest BCUT2D eigenvalue weighted by Gasteiger charge is -2.13. The standard InChI is InChI=1S/C8H14Br2F2/c1-2-3-4-5-7(9)6-8(10,11)12/h7H,2-6H2,1H3. The van der Waals surface area contributed by atoms with Crippen molar-refractivity contribution >= 4 is 31.9 Å². The van der Waals surface area contributed by atoms with Crippen molar-refractivity contribution in [1.82, 2.24) is 0 Å². The topological polar surface area (TPSA) is 0 Å².